The van der Waals surface area contributed by atoms with Gasteiger partial charge in [0.2, 0.25) is 11.8 Å². The number of carbonyl (C=O) groups is 3. The Morgan fingerprint density at radius 2 is 1.67 bits per heavy atom. The maximum Gasteiger partial charge on any atom is 0.329 e. The van der Waals surface area contributed by atoms with Gasteiger partial charge in [0.1, 0.15) is 23.8 Å². The number of nitrogens with one attached hydrogen (secondary N) is 2. The Morgan fingerprint density at radius 1 is 0.973 bits per heavy atom. The average molecular weight is 1050 g/mol. The van der Waals surface area contributed by atoms with Crippen LogP contribution in [0.4, 0.5) is 0 Å². The molecule has 3 aliphatic heterocycles. The summed E-state index contributed by atoms with van der Waals surface area (Å²) in [6, 6.07) is 7.50. The second-order valence-electron chi connectivity index (χ2n) is 21.9. The first-order chi connectivity index (χ1) is 35.4. The van der Waals surface area contributed by atoms with E-state index in [4.69, 9.17) is 28.4 Å². The molecule has 422 valence electrons. The highest BCUT2D eigenvalue weighted by molar-refractivity contribution is 5.92. The molecule has 3 saturated heterocycles. The van der Waals surface area contributed by atoms with E-state index in [0.717, 1.165) is 11.1 Å². The fraction of sp³-hybridized carbons (Fsp3) is 0.678. The number of cyclic esters (lactones) is 1. The van der Waals surface area contributed by atoms with Gasteiger partial charge >= 0.3 is 5.97 Å². The van der Waals surface area contributed by atoms with Gasteiger partial charge in [0.25, 0.3) is 0 Å². The Balaban J connectivity index is 1.27. The van der Waals surface area contributed by atoms with Crippen molar-refractivity contribution in [2.75, 3.05) is 27.9 Å². The predicted molar refractivity (Wildman–Crippen MR) is 288 cm³/mol. The van der Waals surface area contributed by atoms with E-state index in [1.165, 1.54) is 7.11 Å². The Labute approximate surface area is 447 Å². The van der Waals surface area contributed by atoms with Crippen molar-refractivity contribution >= 4 is 17.8 Å². The molecule has 0 radical (unpaired) electrons. The zero-order valence-corrected chi connectivity index (χ0v) is 46.9. The summed E-state index contributed by atoms with van der Waals surface area (Å²) in [5.74, 6) is -4.87. The zero-order valence-electron chi connectivity index (χ0n) is 46.9. The lowest BCUT2D eigenvalue weighted by molar-refractivity contribution is -0.281. The molecule has 4 rings (SSSR count). The summed E-state index contributed by atoms with van der Waals surface area (Å²) >= 11 is 0. The van der Waals surface area contributed by atoms with E-state index < -0.39 is 95.8 Å². The van der Waals surface area contributed by atoms with Crippen LogP contribution in [0.1, 0.15) is 126 Å². The Hall–Kier alpha value is -4.07. The minimum atomic E-state index is -1.33. The molecule has 1 aromatic carbocycles. The second-order valence-corrected chi connectivity index (χ2v) is 21.9. The number of aliphatic hydroxyl groups is 5. The summed E-state index contributed by atoms with van der Waals surface area (Å²) in [6.07, 6.45) is 12.6. The molecule has 3 fully saturated rings. The van der Waals surface area contributed by atoms with Gasteiger partial charge in [-0.25, -0.2) is 4.79 Å². The summed E-state index contributed by atoms with van der Waals surface area (Å²) < 4.78 is 35.4. The number of aliphatic hydroxyl groups excluding tert-OH is 4. The standard InChI is InChI=1S/C59H92N2O14/c1-14-46(52(64)38(6)22-18-19-26-44-31-45(70-11)33-59(72-13,75-44)30-29-36(4)21-20-25-43-34-73-41(9)58(10,69)54(43)65)47(62)28-27-37(5)48(63)32-49(71-12)39(7)55(66)60-50(35(2)3)56(67)61-51-40(8)53(74-57(51)68)42-23-16-15-17-24-42/h15-27,35,38-41,43-54,62-65,69H,14,28-34H2,1-13H3,(H,60,66)(H,61,67)/b22-18+,25-20+,26-19+,36-21+,37-27+/t38-,39-,40+,41-,43-,44-,45-,46+,47+,48-,49+,50-,51+,52-,53+,54-,58+,59+/m1/s1. The summed E-state index contributed by atoms with van der Waals surface area (Å²) in [5, 5.41) is 61.1. The lowest BCUT2D eigenvalue weighted by Crippen LogP contribution is -2.57. The first-order valence-electron chi connectivity index (χ1n) is 27.0. The molecule has 0 aliphatic carbocycles. The van der Waals surface area contributed by atoms with Crippen LogP contribution in [0.2, 0.25) is 0 Å². The molecule has 7 N–H and O–H groups in total. The summed E-state index contributed by atoms with van der Waals surface area (Å²) in [5.41, 5.74) is 1.17. The molecular weight excluding hydrogens is 961 g/mol. The molecule has 16 heteroatoms. The summed E-state index contributed by atoms with van der Waals surface area (Å²) in [6.45, 7) is 18.4. The third-order valence-corrected chi connectivity index (χ3v) is 16.0. The minimum Gasteiger partial charge on any atom is -0.456 e. The zero-order chi connectivity index (χ0) is 55.8. The maximum atomic E-state index is 13.6. The van der Waals surface area contributed by atoms with Gasteiger partial charge in [-0.1, -0.05) is 126 Å². The smallest absolute Gasteiger partial charge is 0.329 e. The van der Waals surface area contributed by atoms with Gasteiger partial charge in [-0.05, 0) is 64.0 Å². The van der Waals surface area contributed by atoms with E-state index in [-0.39, 0.29) is 48.7 Å². The van der Waals surface area contributed by atoms with Crippen LogP contribution in [-0.4, -0.2) is 144 Å². The molecule has 0 aromatic heterocycles. The number of benzene rings is 1. The van der Waals surface area contributed by atoms with Gasteiger partial charge in [0, 0.05) is 70.7 Å². The van der Waals surface area contributed by atoms with Gasteiger partial charge in [-0.15, -0.1) is 0 Å². The summed E-state index contributed by atoms with van der Waals surface area (Å²) in [4.78, 5) is 40.1. The van der Waals surface area contributed by atoms with E-state index in [0.29, 0.717) is 44.3 Å². The molecule has 0 bridgehead atoms. The third-order valence-electron chi connectivity index (χ3n) is 16.0. The summed E-state index contributed by atoms with van der Waals surface area (Å²) in [7, 11) is 4.79. The van der Waals surface area contributed by atoms with Crippen LogP contribution in [0.15, 0.2) is 90.1 Å². The largest absolute Gasteiger partial charge is 0.456 e. The lowest BCUT2D eigenvalue weighted by Gasteiger charge is -2.42. The molecule has 2 amide bonds. The first kappa shape index (κ1) is 63.5. The van der Waals surface area contributed by atoms with Gasteiger partial charge in [-0.3, -0.25) is 9.59 Å². The quantitative estimate of drug-likeness (QED) is 0.0275. The monoisotopic (exact) mass is 1050 g/mol. The Bertz CT molecular complexity index is 2110. The molecule has 16 nitrogen and oxygen atoms in total. The van der Waals surface area contributed by atoms with Crippen molar-refractivity contribution in [1.82, 2.24) is 10.6 Å². The lowest BCUT2D eigenvalue weighted by atomic mass is 9.82. The molecule has 3 heterocycles. The van der Waals surface area contributed by atoms with E-state index in [9.17, 15) is 39.9 Å². The van der Waals surface area contributed by atoms with Crippen LogP contribution in [0.5, 0.6) is 0 Å². The molecule has 1 aromatic rings. The van der Waals surface area contributed by atoms with E-state index >= 15 is 0 Å². The van der Waals surface area contributed by atoms with E-state index in [1.807, 2.05) is 101 Å². The number of hydrogen-bond acceptors (Lipinski definition) is 14. The van der Waals surface area contributed by atoms with Gasteiger partial charge in [-0.2, -0.15) is 0 Å². The SMILES string of the molecule is CC[C@H]([C@H](O)[C@H](C)/C=C/C=C/[C@@H]1C[C@@H](OC)C[C@@](CC/C(C)=C/C=C/[C@@H]2CO[C@H](C)[C@](C)(O)[C@@H]2O)(OC)O1)[C@@H](O)C/C=C(\C)[C@H](O)C[C@H](OC)[C@@H](C)C(=O)N[C@@H](C(=O)N[C@@H]1C(=O)O[C@H](c2ccccc2)[C@H]1C)C(C)C. The van der Waals surface area contributed by atoms with E-state index in [1.54, 1.807) is 61.8 Å². The minimum absolute atomic E-state index is 0.0689. The average Bonchev–Trinajstić information content (AvgIpc) is 3.67. The van der Waals surface area contributed by atoms with Crippen molar-refractivity contribution in [2.45, 2.75) is 193 Å². The Kier molecular flexibility index (Phi) is 25.1. The maximum absolute atomic E-state index is 13.6. The molecule has 0 spiro atoms. The second kappa shape index (κ2) is 29.6. The van der Waals surface area contributed by atoms with Crippen molar-refractivity contribution < 1.29 is 68.3 Å². The van der Waals surface area contributed by atoms with Gasteiger partial charge in [0.05, 0.1) is 61.4 Å². The molecule has 0 saturated carbocycles. The molecular formula is C59H92N2O14. The van der Waals surface area contributed by atoms with Crippen molar-refractivity contribution in [2.24, 2.45) is 35.5 Å². The molecule has 3 aliphatic rings. The third kappa shape index (κ3) is 17.5. The normalized spacial score (nSPS) is 31.3. The van der Waals surface area contributed by atoms with Crippen molar-refractivity contribution in [3.8, 4) is 0 Å². The van der Waals surface area contributed by atoms with E-state index in [2.05, 4.69) is 10.6 Å². The Morgan fingerprint density at radius 3 is 2.29 bits per heavy atom. The highest BCUT2D eigenvalue weighted by Crippen LogP contribution is 2.38. The highest BCUT2D eigenvalue weighted by Gasteiger charge is 2.46. The van der Waals surface area contributed by atoms with Crippen LogP contribution in [-0.2, 0) is 42.8 Å². The predicted octanol–water partition coefficient (Wildman–Crippen LogP) is 6.75. The van der Waals surface area contributed by atoms with Gasteiger partial charge in [0.15, 0.2) is 5.79 Å². The topological polar surface area (TPSA) is 232 Å². The molecule has 0 unspecified atom stereocenters. The molecule has 75 heavy (non-hydrogen) atoms. The number of ether oxygens (including phenoxy) is 6. The molecule has 18 atom stereocenters. The number of amides is 2. The van der Waals surface area contributed by atoms with Crippen molar-refractivity contribution in [1.29, 1.82) is 0 Å². The fourth-order valence-electron chi connectivity index (χ4n) is 10.3. The number of carbonyl (C=O) groups excluding carboxylic acids is 3. The van der Waals surface area contributed by atoms with Crippen LogP contribution < -0.4 is 10.6 Å². The van der Waals surface area contributed by atoms with Crippen LogP contribution in [0, 0.1) is 35.5 Å². The van der Waals surface area contributed by atoms with Crippen LogP contribution >= 0.6 is 0 Å². The fourth-order valence-corrected chi connectivity index (χ4v) is 10.3. The van der Waals surface area contributed by atoms with Gasteiger partial charge < -0.3 is 64.6 Å². The van der Waals surface area contributed by atoms with Crippen LogP contribution in [0.3, 0.4) is 0 Å². The van der Waals surface area contributed by atoms with Crippen LogP contribution in [0.25, 0.3) is 0 Å². The number of rotatable bonds is 27. The van der Waals surface area contributed by atoms with Crippen molar-refractivity contribution in [3.05, 3.63) is 95.6 Å². The number of methoxy groups -OCH3 is 3. The number of esters is 1. The number of allylic oxidation sites excluding steroid dienone is 5. The first-order valence-corrected chi connectivity index (χ1v) is 27.0. The number of hydrogen-bond donors (Lipinski definition) is 7. The van der Waals surface area contributed by atoms with Crippen molar-refractivity contribution in [3.63, 3.8) is 0 Å². The highest BCUT2D eigenvalue weighted by atomic mass is 16.7.